The number of ketones is 4. The monoisotopic (exact) mass is 600 g/mol. The first-order valence-electron chi connectivity index (χ1n) is 13.7. The van der Waals surface area contributed by atoms with E-state index in [1.54, 1.807) is 48.5 Å². The van der Waals surface area contributed by atoms with Gasteiger partial charge in [-0.25, -0.2) is 0 Å². The number of carbonyl (C=O) groups excluding carboxylic acids is 4. The second-order valence-corrected chi connectivity index (χ2v) is 10.3. The van der Waals surface area contributed by atoms with Crippen LogP contribution in [0.5, 0.6) is 0 Å². The van der Waals surface area contributed by atoms with E-state index in [2.05, 4.69) is 0 Å². The van der Waals surface area contributed by atoms with E-state index < -0.39 is 46.3 Å². The second-order valence-electron chi connectivity index (χ2n) is 10.3. The topological polar surface area (TPSA) is 124 Å². The average Bonchev–Trinajstić information content (AvgIpc) is 3.43. The smallest absolute Gasteiger partial charge is 0.239 e. The largest absolute Gasteiger partial charge is 0.501 e. The molecule has 0 aromatic heterocycles. The summed E-state index contributed by atoms with van der Waals surface area (Å²) in [6.07, 6.45) is 1.67. The molecule has 10 nitrogen and oxygen atoms in total. The number of hydrogen-bond donors (Lipinski definition) is 0. The molecule has 2 aromatic carbocycles. The molecule has 228 valence electrons. The van der Waals surface area contributed by atoms with Crippen LogP contribution in [0.4, 0.5) is 0 Å². The summed E-state index contributed by atoms with van der Waals surface area (Å²) < 4.78 is 33.3. The first-order chi connectivity index (χ1) is 21.3. The minimum absolute atomic E-state index is 0.111. The number of benzene rings is 2. The van der Waals surface area contributed by atoms with Gasteiger partial charge in [0, 0.05) is 11.8 Å². The third kappa shape index (κ3) is 4.16. The van der Waals surface area contributed by atoms with Crippen LogP contribution in [-0.2, 0) is 47.6 Å². The van der Waals surface area contributed by atoms with Crippen LogP contribution in [0.1, 0.15) is 23.0 Å². The molecule has 3 aliphatic carbocycles. The average molecular weight is 601 g/mol. The molecule has 0 fully saturated rings. The van der Waals surface area contributed by atoms with Crippen LogP contribution < -0.4 is 0 Å². The lowest BCUT2D eigenvalue weighted by Gasteiger charge is -2.48. The molecule has 0 unspecified atom stereocenters. The van der Waals surface area contributed by atoms with E-state index in [9.17, 15) is 19.2 Å². The van der Waals surface area contributed by atoms with Crippen molar-refractivity contribution >= 4 is 23.1 Å². The Morgan fingerprint density at radius 1 is 0.591 bits per heavy atom. The molecule has 10 heteroatoms. The van der Waals surface area contributed by atoms with Gasteiger partial charge in [0.05, 0.1) is 48.6 Å². The molecule has 0 bridgehead atoms. The van der Waals surface area contributed by atoms with E-state index in [0.717, 1.165) is 0 Å². The van der Waals surface area contributed by atoms with E-state index in [1.807, 2.05) is 18.2 Å². The fraction of sp³-hybridized carbons (Fsp3) is 0.294. The molecule has 0 saturated heterocycles. The highest BCUT2D eigenvalue weighted by Gasteiger charge is 2.69. The Hall–Kier alpha value is -5.12. The van der Waals surface area contributed by atoms with Crippen LogP contribution in [0.15, 0.2) is 107 Å². The molecule has 1 spiro atoms. The summed E-state index contributed by atoms with van der Waals surface area (Å²) in [7, 11) is 7.85. The SMILES string of the molecule is COC1=C[C@H](c2ccccc2)C2(C(=O)C(OC)=C(OC)C2=O)[C@H](c2ccccc2)[C@H]1C(OC)=C1C(=O)C(OC)=C(OC)C1=O. The zero-order valence-corrected chi connectivity index (χ0v) is 25.2. The molecule has 0 heterocycles. The minimum Gasteiger partial charge on any atom is -0.501 e. The van der Waals surface area contributed by atoms with Crippen LogP contribution in [-0.4, -0.2) is 65.8 Å². The maximum Gasteiger partial charge on any atom is 0.239 e. The lowest BCUT2D eigenvalue weighted by atomic mass is 9.52. The third-order valence-electron chi connectivity index (χ3n) is 8.51. The Morgan fingerprint density at radius 2 is 1.05 bits per heavy atom. The lowest BCUT2D eigenvalue weighted by molar-refractivity contribution is -0.140. The van der Waals surface area contributed by atoms with Crippen LogP contribution in [0.3, 0.4) is 0 Å². The van der Waals surface area contributed by atoms with Gasteiger partial charge in [0.15, 0.2) is 0 Å². The standard InChI is InChI=1S/C34H32O10/c1-39-21-17-20(18-13-9-7-10-14-18)34(32(37)30(43-5)31(44-6)33(34)38)24(19-15-11-8-12-16-19)22(21)27(40-2)23-25(35)28(41-3)29(42-4)26(23)36/h7-17,20,22,24H,1-6H3/t20-,22+,24-/m1/s1. The normalized spacial score (nSPS) is 22.8. The number of rotatable bonds is 9. The van der Waals surface area contributed by atoms with E-state index in [0.29, 0.717) is 11.1 Å². The number of Topliss-reactive ketones (excluding diaryl/α,β-unsaturated/α-hetero) is 4. The Balaban J connectivity index is 1.92. The first kappa shape index (κ1) is 30.3. The van der Waals surface area contributed by atoms with Gasteiger partial charge >= 0.3 is 0 Å². The Labute approximate surface area is 254 Å². The molecule has 0 amide bonds. The second kappa shape index (κ2) is 11.9. The molecule has 0 saturated carbocycles. The highest BCUT2D eigenvalue weighted by atomic mass is 16.5. The van der Waals surface area contributed by atoms with Crippen molar-refractivity contribution in [2.24, 2.45) is 11.3 Å². The van der Waals surface area contributed by atoms with Crippen molar-refractivity contribution in [3.63, 3.8) is 0 Å². The summed E-state index contributed by atoms with van der Waals surface area (Å²) in [4.78, 5) is 56.8. The van der Waals surface area contributed by atoms with Crippen molar-refractivity contribution in [3.05, 3.63) is 118 Å². The van der Waals surface area contributed by atoms with Gasteiger partial charge in [0.1, 0.15) is 22.5 Å². The van der Waals surface area contributed by atoms with Gasteiger partial charge in [0.25, 0.3) is 0 Å². The highest BCUT2D eigenvalue weighted by Crippen LogP contribution is 2.63. The molecule has 0 aliphatic heterocycles. The molecule has 3 atom stereocenters. The molecule has 3 aliphatic rings. The molecule has 5 rings (SSSR count). The van der Waals surface area contributed by atoms with Crippen molar-refractivity contribution < 1.29 is 47.6 Å². The Kier molecular flexibility index (Phi) is 8.19. The van der Waals surface area contributed by atoms with Gasteiger partial charge in [-0.3, -0.25) is 19.2 Å². The first-order valence-corrected chi connectivity index (χ1v) is 13.7. The Bertz CT molecular complexity index is 1590. The van der Waals surface area contributed by atoms with E-state index in [1.165, 1.54) is 42.7 Å². The zero-order valence-electron chi connectivity index (χ0n) is 25.2. The molecule has 44 heavy (non-hydrogen) atoms. The minimum atomic E-state index is -1.90. The molecular formula is C34H32O10. The number of methoxy groups -OCH3 is 6. The van der Waals surface area contributed by atoms with Gasteiger partial charge < -0.3 is 28.4 Å². The number of carbonyl (C=O) groups is 4. The van der Waals surface area contributed by atoms with Crippen molar-refractivity contribution in [1.82, 2.24) is 0 Å². The predicted molar refractivity (Wildman–Crippen MR) is 156 cm³/mol. The van der Waals surface area contributed by atoms with Crippen LogP contribution >= 0.6 is 0 Å². The predicted octanol–water partition coefficient (Wildman–Crippen LogP) is 3.91. The highest BCUT2D eigenvalue weighted by molar-refractivity contribution is 6.37. The van der Waals surface area contributed by atoms with Gasteiger partial charge in [-0.05, 0) is 17.2 Å². The van der Waals surface area contributed by atoms with Crippen LogP contribution in [0.2, 0.25) is 0 Å². The summed E-state index contributed by atoms with van der Waals surface area (Å²) in [6, 6.07) is 18.0. The molecule has 0 radical (unpaired) electrons. The van der Waals surface area contributed by atoms with Gasteiger partial charge in [-0.1, -0.05) is 60.7 Å². The summed E-state index contributed by atoms with van der Waals surface area (Å²) in [5.74, 6) is -6.67. The van der Waals surface area contributed by atoms with Crippen molar-refractivity contribution in [2.75, 3.05) is 42.7 Å². The summed E-state index contributed by atoms with van der Waals surface area (Å²) in [5.41, 5.74) is -1.05. The maximum atomic E-state index is 14.8. The van der Waals surface area contributed by atoms with E-state index in [-0.39, 0.29) is 40.1 Å². The zero-order chi connectivity index (χ0) is 31.8. The third-order valence-corrected chi connectivity index (χ3v) is 8.51. The van der Waals surface area contributed by atoms with Gasteiger partial charge in [-0.15, -0.1) is 0 Å². The van der Waals surface area contributed by atoms with Crippen molar-refractivity contribution in [2.45, 2.75) is 11.8 Å². The number of allylic oxidation sites excluding steroid dienone is 5. The van der Waals surface area contributed by atoms with E-state index in [4.69, 9.17) is 28.4 Å². The summed E-state index contributed by atoms with van der Waals surface area (Å²) in [6.45, 7) is 0. The van der Waals surface area contributed by atoms with E-state index >= 15 is 0 Å². The number of hydrogen-bond acceptors (Lipinski definition) is 10. The lowest BCUT2D eigenvalue weighted by Crippen LogP contribution is -2.52. The fourth-order valence-electron chi connectivity index (χ4n) is 6.77. The van der Waals surface area contributed by atoms with Crippen molar-refractivity contribution in [1.29, 1.82) is 0 Å². The van der Waals surface area contributed by atoms with Crippen LogP contribution in [0, 0.1) is 11.3 Å². The number of ether oxygens (including phenoxy) is 6. The van der Waals surface area contributed by atoms with Gasteiger partial charge in [0.2, 0.25) is 46.2 Å². The molecule has 2 aromatic rings. The van der Waals surface area contributed by atoms with Crippen LogP contribution in [0.25, 0.3) is 0 Å². The quantitative estimate of drug-likeness (QED) is 0.181. The summed E-state index contributed by atoms with van der Waals surface area (Å²) >= 11 is 0. The summed E-state index contributed by atoms with van der Waals surface area (Å²) in [5, 5.41) is 0. The van der Waals surface area contributed by atoms with Gasteiger partial charge in [-0.2, -0.15) is 0 Å². The maximum absolute atomic E-state index is 14.8. The van der Waals surface area contributed by atoms with Crippen molar-refractivity contribution in [3.8, 4) is 0 Å². The Morgan fingerprint density at radius 3 is 1.45 bits per heavy atom. The molecular weight excluding hydrogens is 568 g/mol. The molecule has 0 N–H and O–H groups in total. The fourth-order valence-corrected chi connectivity index (χ4v) is 6.77.